The van der Waals surface area contributed by atoms with Crippen molar-refractivity contribution in [3.63, 3.8) is 0 Å². The number of aliphatic imine (C=N–C) groups is 1. The van der Waals surface area contributed by atoms with E-state index in [0.717, 1.165) is 10.9 Å². The van der Waals surface area contributed by atoms with Crippen molar-refractivity contribution in [2.45, 2.75) is 13.0 Å². The molecule has 4 aromatic rings. The van der Waals surface area contributed by atoms with Gasteiger partial charge in [-0.15, -0.1) is 12.4 Å². The molecule has 1 aliphatic heterocycles. The van der Waals surface area contributed by atoms with Gasteiger partial charge >= 0.3 is 0 Å². The Morgan fingerprint density at radius 2 is 1.72 bits per heavy atom. The lowest BCUT2D eigenvalue weighted by Gasteiger charge is -2.10. The SMILES string of the molecule is Cl.NC(N)=NCCCNC(=O)c1cccc(CNC(=O)c2cc3c(c4c2[nH]c2ccccc24)C(=O)NC3=O)c1. The molecule has 1 aliphatic rings. The number of guanidine groups is 1. The zero-order valence-electron chi connectivity index (χ0n) is 20.7. The fourth-order valence-electron chi connectivity index (χ4n) is 4.55. The maximum atomic E-state index is 13.3. The van der Waals surface area contributed by atoms with E-state index in [2.05, 4.69) is 25.9 Å². The Hall–Kier alpha value is -4.90. The van der Waals surface area contributed by atoms with Gasteiger partial charge in [0.05, 0.1) is 22.2 Å². The van der Waals surface area contributed by atoms with Crippen molar-refractivity contribution in [2.24, 2.45) is 16.5 Å². The number of rotatable bonds is 8. The first-order valence-electron chi connectivity index (χ1n) is 12.0. The van der Waals surface area contributed by atoms with Crippen molar-refractivity contribution in [1.82, 2.24) is 20.9 Å². The summed E-state index contributed by atoms with van der Waals surface area (Å²) in [6.45, 7) is 0.969. The molecule has 200 valence electrons. The lowest BCUT2D eigenvalue weighted by molar-refractivity contribution is 0.0877. The Bertz CT molecular complexity index is 1660. The van der Waals surface area contributed by atoms with Gasteiger partial charge in [-0.25, -0.2) is 0 Å². The second kappa shape index (κ2) is 11.2. The summed E-state index contributed by atoms with van der Waals surface area (Å²) in [5.74, 6) is -1.70. The molecule has 0 unspecified atom stereocenters. The highest BCUT2D eigenvalue weighted by Crippen LogP contribution is 2.35. The van der Waals surface area contributed by atoms with E-state index in [1.807, 2.05) is 24.3 Å². The second-order valence-corrected chi connectivity index (χ2v) is 8.85. The molecule has 0 fully saturated rings. The maximum absolute atomic E-state index is 13.3. The Kier molecular flexibility index (Phi) is 7.82. The van der Waals surface area contributed by atoms with Gasteiger partial charge in [-0.1, -0.05) is 30.3 Å². The quantitative estimate of drug-likeness (QED) is 0.0847. The normalized spacial score (nSPS) is 12.0. The number of carbonyl (C=O) groups is 4. The van der Waals surface area contributed by atoms with Crippen LogP contribution >= 0.6 is 12.4 Å². The van der Waals surface area contributed by atoms with Crippen LogP contribution in [0.15, 0.2) is 59.6 Å². The molecule has 4 amide bonds. The van der Waals surface area contributed by atoms with Gasteiger partial charge < -0.3 is 27.1 Å². The molecule has 8 N–H and O–H groups in total. The number of aromatic nitrogens is 1. The van der Waals surface area contributed by atoms with E-state index in [0.29, 0.717) is 41.5 Å². The minimum absolute atomic E-state index is 0. The fraction of sp³-hybridized carbons (Fsp3) is 0.148. The number of carbonyl (C=O) groups excluding carboxylic acids is 4. The van der Waals surface area contributed by atoms with Gasteiger partial charge in [0, 0.05) is 41.5 Å². The molecule has 0 bridgehead atoms. The van der Waals surface area contributed by atoms with Crippen LogP contribution in [0.5, 0.6) is 0 Å². The highest BCUT2D eigenvalue weighted by atomic mass is 35.5. The lowest BCUT2D eigenvalue weighted by Crippen LogP contribution is -2.27. The zero-order valence-corrected chi connectivity index (χ0v) is 21.5. The van der Waals surface area contributed by atoms with Crippen molar-refractivity contribution in [3.8, 4) is 0 Å². The minimum Gasteiger partial charge on any atom is -0.370 e. The first-order chi connectivity index (χ1) is 18.3. The predicted molar refractivity (Wildman–Crippen MR) is 150 cm³/mol. The van der Waals surface area contributed by atoms with Crippen LogP contribution in [0.3, 0.4) is 0 Å². The minimum atomic E-state index is -0.539. The van der Waals surface area contributed by atoms with E-state index in [9.17, 15) is 19.2 Å². The van der Waals surface area contributed by atoms with Crippen LogP contribution in [0.4, 0.5) is 0 Å². The molecule has 3 aromatic carbocycles. The van der Waals surface area contributed by atoms with Gasteiger partial charge in [0.25, 0.3) is 23.6 Å². The summed E-state index contributed by atoms with van der Waals surface area (Å²) in [5, 5.41) is 9.26. The molecule has 2 heterocycles. The monoisotopic (exact) mass is 547 g/mol. The van der Waals surface area contributed by atoms with Crippen LogP contribution in [0, 0.1) is 0 Å². The molecule has 0 aliphatic carbocycles. The molecule has 0 radical (unpaired) electrons. The van der Waals surface area contributed by atoms with E-state index in [-0.39, 0.29) is 47.5 Å². The average molecular weight is 548 g/mol. The molecule has 0 saturated carbocycles. The third-order valence-corrected chi connectivity index (χ3v) is 6.28. The number of amides is 4. The summed E-state index contributed by atoms with van der Waals surface area (Å²) in [5.41, 5.74) is 13.6. The molecule has 0 atom stereocenters. The van der Waals surface area contributed by atoms with E-state index in [1.165, 1.54) is 6.07 Å². The van der Waals surface area contributed by atoms with Crippen molar-refractivity contribution < 1.29 is 19.2 Å². The highest BCUT2D eigenvalue weighted by molar-refractivity contribution is 6.32. The summed E-state index contributed by atoms with van der Waals surface area (Å²) < 4.78 is 0. The third-order valence-electron chi connectivity index (χ3n) is 6.28. The van der Waals surface area contributed by atoms with Crippen LogP contribution in [0.1, 0.15) is 53.4 Å². The van der Waals surface area contributed by atoms with E-state index in [4.69, 9.17) is 11.5 Å². The number of halogens is 1. The van der Waals surface area contributed by atoms with Crippen molar-refractivity contribution in [3.05, 3.63) is 82.4 Å². The number of para-hydroxylation sites is 1. The molecular formula is C27H26ClN7O4. The fourth-order valence-corrected chi connectivity index (χ4v) is 4.55. The van der Waals surface area contributed by atoms with Crippen LogP contribution in [-0.4, -0.2) is 47.7 Å². The predicted octanol–water partition coefficient (Wildman–Crippen LogP) is 1.95. The summed E-state index contributed by atoms with van der Waals surface area (Å²) in [6.07, 6.45) is 0.589. The van der Waals surface area contributed by atoms with Crippen LogP contribution in [0.25, 0.3) is 21.8 Å². The number of nitrogens with one attached hydrogen (secondary N) is 4. The number of aromatic amines is 1. The smallest absolute Gasteiger partial charge is 0.259 e. The molecule has 1 aromatic heterocycles. The van der Waals surface area contributed by atoms with Crippen molar-refractivity contribution in [1.29, 1.82) is 0 Å². The number of imide groups is 1. The number of nitrogens with zero attached hydrogens (tertiary/aromatic N) is 1. The van der Waals surface area contributed by atoms with E-state index >= 15 is 0 Å². The Balaban J connectivity index is 0.00000353. The molecule has 0 saturated heterocycles. The molecule has 0 spiro atoms. The molecule has 39 heavy (non-hydrogen) atoms. The lowest BCUT2D eigenvalue weighted by atomic mass is 9.98. The highest BCUT2D eigenvalue weighted by Gasteiger charge is 2.33. The maximum Gasteiger partial charge on any atom is 0.259 e. The first kappa shape index (κ1) is 27.1. The van der Waals surface area contributed by atoms with Crippen LogP contribution < -0.4 is 27.4 Å². The number of hydrogen-bond acceptors (Lipinski definition) is 5. The molecular weight excluding hydrogens is 522 g/mol. The first-order valence-corrected chi connectivity index (χ1v) is 12.0. The zero-order chi connectivity index (χ0) is 26.8. The summed E-state index contributed by atoms with van der Waals surface area (Å²) in [7, 11) is 0. The van der Waals surface area contributed by atoms with Gasteiger partial charge in [0.15, 0.2) is 5.96 Å². The van der Waals surface area contributed by atoms with Crippen LogP contribution in [-0.2, 0) is 6.54 Å². The van der Waals surface area contributed by atoms with Crippen molar-refractivity contribution >= 4 is 63.8 Å². The van der Waals surface area contributed by atoms with E-state index < -0.39 is 17.7 Å². The van der Waals surface area contributed by atoms with Gasteiger partial charge in [-0.05, 0) is 36.2 Å². The Labute approximate surface area is 228 Å². The molecule has 5 rings (SSSR count). The van der Waals surface area contributed by atoms with Gasteiger partial charge in [-0.3, -0.25) is 29.5 Å². The summed E-state index contributed by atoms with van der Waals surface area (Å²) >= 11 is 0. The Morgan fingerprint density at radius 3 is 2.51 bits per heavy atom. The number of H-pyrrole nitrogens is 1. The second-order valence-electron chi connectivity index (χ2n) is 8.85. The van der Waals surface area contributed by atoms with Crippen molar-refractivity contribution in [2.75, 3.05) is 13.1 Å². The largest absolute Gasteiger partial charge is 0.370 e. The summed E-state index contributed by atoms with van der Waals surface area (Å²) in [6, 6.07) is 15.7. The standard InChI is InChI=1S/C27H25N7O4.ClH/c28-27(29)31-10-4-9-30-23(35)15-6-3-5-14(11-15)13-32-24(36)18-12-17-21(26(38)34-25(17)37)20-16-7-1-2-8-19(16)33-22(18)20;/h1-3,5-8,11-12,33H,4,9-10,13H2,(H,30,35)(H,32,36)(H4,28,29,31)(H,34,37,38);1H. The number of hydrogen-bond donors (Lipinski definition) is 6. The van der Waals surface area contributed by atoms with E-state index in [1.54, 1.807) is 24.3 Å². The number of nitrogens with two attached hydrogens (primary N) is 2. The molecule has 11 nitrogen and oxygen atoms in total. The van der Waals surface area contributed by atoms with Gasteiger partial charge in [-0.2, -0.15) is 0 Å². The number of fused-ring (bicyclic) bond motifs is 5. The van der Waals surface area contributed by atoms with Crippen LogP contribution in [0.2, 0.25) is 0 Å². The summed E-state index contributed by atoms with van der Waals surface area (Å²) in [4.78, 5) is 57.9. The molecule has 12 heteroatoms. The average Bonchev–Trinajstić information content (AvgIpc) is 3.42. The Morgan fingerprint density at radius 1 is 0.923 bits per heavy atom. The van der Waals surface area contributed by atoms with Gasteiger partial charge in [0.2, 0.25) is 0 Å². The van der Waals surface area contributed by atoms with Gasteiger partial charge in [0.1, 0.15) is 0 Å². The third kappa shape index (κ3) is 5.39. The topological polar surface area (TPSA) is 185 Å². The number of benzene rings is 3.